The summed E-state index contributed by atoms with van der Waals surface area (Å²) in [6.45, 7) is 2.61. The maximum Gasteiger partial charge on any atom is 0.329 e. The van der Waals surface area contributed by atoms with Crippen LogP contribution in [0, 0.1) is 10.1 Å². The van der Waals surface area contributed by atoms with E-state index in [-0.39, 0.29) is 28.7 Å². The van der Waals surface area contributed by atoms with Crippen molar-refractivity contribution in [2.75, 3.05) is 18.0 Å². The highest BCUT2D eigenvalue weighted by Gasteiger charge is 2.27. The zero-order valence-corrected chi connectivity index (χ0v) is 11.6. The van der Waals surface area contributed by atoms with Crippen LogP contribution in [0.1, 0.15) is 19.8 Å². The Bertz CT molecular complexity index is 531. The summed E-state index contributed by atoms with van der Waals surface area (Å²) >= 11 is 5.71. The zero-order valence-electron chi connectivity index (χ0n) is 10.9. The first kappa shape index (κ1) is 14.4. The second-order valence-corrected chi connectivity index (χ2v) is 4.90. The van der Waals surface area contributed by atoms with Crippen LogP contribution in [-0.4, -0.2) is 39.9 Å². The Balaban J connectivity index is 2.12. The van der Waals surface area contributed by atoms with Gasteiger partial charge in [-0.3, -0.25) is 14.9 Å². The standard InChI is InChI=1S/C11H14ClN5O3/c1-7(18)14-8-2-4-16(5-3-8)10-9(17(19)20)6-13-11(12)15-10/h6,8H,2-5H2,1H3,(H,14,18). The topological polar surface area (TPSA) is 101 Å². The fraction of sp³-hybridized carbons (Fsp3) is 0.545. The molecule has 2 rings (SSSR count). The number of anilines is 1. The summed E-state index contributed by atoms with van der Waals surface area (Å²) in [4.78, 5) is 30.9. The summed E-state index contributed by atoms with van der Waals surface area (Å²) in [5, 5.41) is 13.8. The van der Waals surface area contributed by atoms with Crippen molar-refractivity contribution in [3.8, 4) is 0 Å². The highest BCUT2D eigenvalue weighted by atomic mass is 35.5. The SMILES string of the molecule is CC(=O)NC1CCN(c2nc(Cl)ncc2[N+](=O)[O-])CC1. The lowest BCUT2D eigenvalue weighted by Crippen LogP contribution is -2.44. The van der Waals surface area contributed by atoms with E-state index < -0.39 is 4.92 Å². The molecule has 8 nitrogen and oxygen atoms in total. The molecule has 0 atom stereocenters. The molecule has 0 aliphatic carbocycles. The molecule has 2 heterocycles. The number of nitro groups is 1. The first-order valence-corrected chi connectivity index (χ1v) is 6.54. The summed E-state index contributed by atoms with van der Waals surface area (Å²) in [6, 6.07) is 0.0973. The number of nitrogens with one attached hydrogen (secondary N) is 1. The van der Waals surface area contributed by atoms with Gasteiger partial charge in [-0.2, -0.15) is 4.98 Å². The van der Waals surface area contributed by atoms with Crippen molar-refractivity contribution in [2.45, 2.75) is 25.8 Å². The normalized spacial score (nSPS) is 16.0. The maximum atomic E-state index is 11.0. The Labute approximate surface area is 120 Å². The van der Waals surface area contributed by atoms with E-state index in [2.05, 4.69) is 15.3 Å². The average Bonchev–Trinajstić information content (AvgIpc) is 2.38. The zero-order chi connectivity index (χ0) is 14.7. The summed E-state index contributed by atoms with van der Waals surface area (Å²) in [6.07, 6.45) is 2.53. The monoisotopic (exact) mass is 299 g/mol. The van der Waals surface area contributed by atoms with Crippen LogP contribution < -0.4 is 10.2 Å². The van der Waals surface area contributed by atoms with Gasteiger partial charge in [0.05, 0.1) is 4.92 Å². The molecule has 1 fully saturated rings. The molecule has 1 amide bonds. The number of piperidine rings is 1. The van der Waals surface area contributed by atoms with Crippen molar-refractivity contribution < 1.29 is 9.72 Å². The van der Waals surface area contributed by atoms with Crippen LogP contribution in [-0.2, 0) is 4.79 Å². The summed E-state index contributed by atoms with van der Waals surface area (Å²) < 4.78 is 0. The van der Waals surface area contributed by atoms with Gasteiger partial charge >= 0.3 is 5.69 Å². The first-order chi connectivity index (χ1) is 9.47. The molecule has 1 N–H and O–H groups in total. The Morgan fingerprint density at radius 2 is 2.20 bits per heavy atom. The van der Waals surface area contributed by atoms with Crippen molar-refractivity contribution in [3.63, 3.8) is 0 Å². The second-order valence-electron chi connectivity index (χ2n) is 4.57. The molecule has 0 unspecified atom stereocenters. The molecule has 108 valence electrons. The Morgan fingerprint density at radius 1 is 1.55 bits per heavy atom. The number of carbonyl (C=O) groups excluding carboxylic acids is 1. The number of hydrogen-bond donors (Lipinski definition) is 1. The average molecular weight is 300 g/mol. The van der Waals surface area contributed by atoms with Gasteiger partial charge in [0.1, 0.15) is 6.20 Å². The molecule has 0 saturated carbocycles. The van der Waals surface area contributed by atoms with Crippen LogP contribution in [0.3, 0.4) is 0 Å². The molecule has 0 aromatic carbocycles. The van der Waals surface area contributed by atoms with Crippen molar-refractivity contribution in [2.24, 2.45) is 0 Å². The van der Waals surface area contributed by atoms with Gasteiger partial charge in [0.15, 0.2) is 0 Å². The molecule has 1 aromatic heterocycles. The van der Waals surface area contributed by atoms with Gasteiger partial charge in [0, 0.05) is 26.1 Å². The van der Waals surface area contributed by atoms with Gasteiger partial charge in [0.25, 0.3) is 0 Å². The van der Waals surface area contributed by atoms with E-state index in [1.165, 1.54) is 6.92 Å². The van der Waals surface area contributed by atoms with Crippen molar-refractivity contribution in [1.29, 1.82) is 0 Å². The molecule has 0 radical (unpaired) electrons. The second kappa shape index (κ2) is 6.00. The van der Waals surface area contributed by atoms with E-state index in [0.29, 0.717) is 25.9 Å². The van der Waals surface area contributed by atoms with E-state index in [1.54, 1.807) is 4.90 Å². The minimum Gasteiger partial charge on any atom is -0.353 e. The maximum absolute atomic E-state index is 11.0. The number of halogens is 1. The van der Waals surface area contributed by atoms with Gasteiger partial charge in [-0.05, 0) is 24.4 Å². The molecule has 0 bridgehead atoms. The molecule has 1 aliphatic heterocycles. The third-order valence-corrected chi connectivity index (χ3v) is 3.30. The van der Waals surface area contributed by atoms with Crippen molar-refractivity contribution in [3.05, 3.63) is 21.6 Å². The van der Waals surface area contributed by atoms with Crippen LogP contribution in [0.4, 0.5) is 11.5 Å². The van der Waals surface area contributed by atoms with E-state index in [0.717, 1.165) is 6.20 Å². The fourth-order valence-corrected chi connectivity index (χ4v) is 2.36. The van der Waals surface area contributed by atoms with Gasteiger partial charge in [-0.25, -0.2) is 4.98 Å². The third kappa shape index (κ3) is 3.32. The Morgan fingerprint density at radius 3 is 2.75 bits per heavy atom. The first-order valence-electron chi connectivity index (χ1n) is 6.16. The molecule has 20 heavy (non-hydrogen) atoms. The number of amides is 1. The van der Waals surface area contributed by atoms with E-state index in [1.807, 2.05) is 0 Å². The number of rotatable bonds is 3. The molecular weight excluding hydrogens is 286 g/mol. The van der Waals surface area contributed by atoms with Crippen LogP contribution in [0.2, 0.25) is 5.28 Å². The van der Waals surface area contributed by atoms with Gasteiger partial charge in [-0.1, -0.05) is 0 Å². The Hall–Kier alpha value is -1.96. The molecule has 9 heteroatoms. The highest BCUT2D eigenvalue weighted by molar-refractivity contribution is 6.28. The van der Waals surface area contributed by atoms with Crippen LogP contribution in [0.25, 0.3) is 0 Å². The predicted molar refractivity (Wildman–Crippen MR) is 72.7 cm³/mol. The van der Waals surface area contributed by atoms with Crippen molar-refractivity contribution >= 4 is 29.0 Å². The van der Waals surface area contributed by atoms with Crippen LogP contribution in [0.5, 0.6) is 0 Å². The molecule has 1 saturated heterocycles. The summed E-state index contributed by atoms with van der Waals surface area (Å²) in [5.41, 5.74) is -0.160. The van der Waals surface area contributed by atoms with E-state index in [9.17, 15) is 14.9 Å². The molecule has 1 aromatic rings. The largest absolute Gasteiger partial charge is 0.353 e. The van der Waals surface area contributed by atoms with Crippen LogP contribution in [0.15, 0.2) is 6.20 Å². The van der Waals surface area contributed by atoms with Gasteiger partial charge in [-0.15, -0.1) is 0 Å². The quantitative estimate of drug-likeness (QED) is 0.510. The van der Waals surface area contributed by atoms with Gasteiger partial charge < -0.3 is 10.2 Å². The number of hydrogen-bond acceptors (Lipinski definition) is 6. The Kier molecular flexibility index (Phi) is 4.33. The van der Waals surface area contributed by atoms with Crippen LogP contribution >= 0.6 is 11.6 Å². The van der Waals surface area contributed by atoms with Gasteiger partial charge in [0.2, 0.25) is 17.0 Å². The molecule has 0 spiro atoms. The number of aromatic nitrogens is 2. The fourth-order valence-electron chi connectivity index (χ4n) is 2.23. The lowest BCUT2D eigenvalue weighted by atomic mass is 10.0. The smallest absolute Gasteiger partial charge is 0.329 e. The highest BCUT2D eigenvalue weighted by Crippen LogP contribution is 2.28. The molecule has 1 aliphatic rings. The van der Waals surface area contributed by atoms with E-state index >= 15 is 0 Å². The predicted octanol–water partition coefficient (Wildman–Crippen LogP) is 1.14. The summed E-state index contributed by atoms with van der Waals surface area (Å²) in [7, 11) is 0. The van der Waals surface area contributed by atoms with Crippen molar-refractivity contribution in [1.82, 2.24) is 15.3 Å². The lowest BCUT2D eigenvalue weighted by molar-refractivity contribution is -0.384. The lowest BCUT2D eigenvalue weighted by Gasteiger charge is -2.32. The summed E-state index contributed by atoms with van der Waals surface area (Å²) in [5.74, 6) is 0.163. The molecular formula is C11H14ClN5O3. The number of carbonyl (C=O) groups is 1. The number of nitrogens with zero attached hydrogens (tertiary/aromatic N) is 4. The van der Waals surface area contributed by atoms with E-state index in [4.69, 9.17) is 11.6 Å². The minimum atomic E-state index is -0.522. The minimum absolute atomic E-state index is 0.0189. The third-order valence-electron chi connectivity index (χ3n) is 3.12.